The molecule has 0 saturated carbocycles. The van der Waals surface area contributed by atoms with Crippen molar-refractivity contribution in [2.75, 3.05) is 0 Å². The summed E-state index contributed by atoms with van der Waals surface area (Å²) in [6.07, 6.45) is -1.01. The first kappa shape index (κ1) is 10.7. The summed E-state index contributed by atoms with van der Waals surface area (Å²) >= 11 is 1.54. The molecule has 0 saturated heterocycles. The summed E-state index contributed by atoms with van der Waals surface area (Å²) in [5.74, 6) is 0. The number of hydrogen-bond donors (Lipinski definition) is 2. The Kier molecular flexibility index (Phi) is 3.22. The maximum absolute atomic E-state index is 10.8. The SMILES string of the molecule is O=C(O)NC(c1ccccc1)c1cccs1. The molecule has 2 aromatic rings. The fourth-order valence-corrected chi connectivity index (χ4v) is 2.35. The van der Waals surface area contributed by atoms with E-state index in [1.807, 2.05) is 47.8 Å². The zero-order valence-electron chi connectivity index (χ0n) is 8.46. The minimum atomic E-state index is -1.01. The van der Waals surface area contributed by atoms with E-state index < -0.39 is 6.09 Å². The van der Waals surface area contributed by atoms with E-state index in [0.717, 1.165) is 10.4 Å². The van der Waals surface area contributed by atoms with Gasteiger partial charge < -0.3 is 10.4 Å². The predicted octanol–water partition coefficient (Wildman–Crippen LogP) is 3.11. The molecular weight excluding hydrogens is 222 g/mol. The van der Waals surface area contributed by atoms with Crippen LogP contribution in [0.25, 0.3) is 0 Å². The van der Waals surface area contributed by atoms with Crippen LogP contribution in [0.3, 0.4) is 0 Å². The average Bonchev–Trinajstić information content (AvgIpc) is 2.80. The van der Waals surface area contributed by atoms with Gasteiger partial charge in [0.25, 0.3) is 0 Å². The summed E-state index contributed by atoms with van der Waals surface area (Å²) < 4.78 is 0. The molecule has 0 aliphatic heterocycles. The van der Waals surface area contributed by atoms with E-state index in [-0.39, 0.29) is 6.04 Å². The summed E-state index contributed by atoms with van der Waals surface area (Å²) in [4.78, 5) is 11.8. The summed E-state index contributed by atoms with van der Waals surface area (Å²) in [6, 6.07) is 13.1. The Labute approximate surface area is 97.4 Å². The molecule has 1 heterocycles. The third-order valence-electron chi connectivity index (χ3n) is 2.23. The van der Waals surface area contributed by atoms with Crippen molar-refractivity contribution in [2.24, 2.45) is 0 Å². The van der Waals surface area contributed by atoms with Crippen molar-refractivity contribution < 1.29 is 9.90 Å². The van der Waals surface area contributed by atoms with Crippen molar-refractivity contribution in [2.45, 2.75) is 6.04 Å². The average molecular weight is 233 g/mol. The van der Waals surface area contributed by atoms with Gasteiger partial charge in [-0.25, -0.2) is 4.79 Å². The summed E-state index contributed by atoms with van der Waals surface area (Å²) in [5.41, 5.74) is 0.951. The Balaban J connectivity index is 2.32. The Morgan fingerprint density at radius 3 is 2.50 bits per heavy atom. The predicted molar refractivity (Wildman–Crippen MR) is 63.8 cm³/mol. The molecule has 0 aliphatic rings. The number of benzene rings is 1. The normalized spacial score (nSPS) is 12.0. The zero-order valence-corrected chi connectivity index (χ0v) is 9.28. The van der Waals surface area contributed by atoms with E-state index in [9.17, 15) is 4.79 Å². The molecule has 16 heavy (non-hydrogen) atoms. The third kappa shape index (κ3) is 2.41. The Hall–Kier alpha value is -1.81. The maximum atomic E-state index is 10.8. The van der Waals surface area contributed by atoms with Crippen molar-refractivity contribution in [1.29, 1.82) is 0 Å². The van der Waals surface area contributed by atoms with Crippen molar-refractivity contribution in [3.05, 3.63) is 58.3 Å². The topological polar surface area (TPSA) is 49.3 Å². The van der Waals surface area contributed by atoms with Gasteiger partial charge in [-0.05, 0) is 17.0 Å². The van der Waals surface area contributed by atoms with Gasteiger partial charge in [0.15, 0.2) is 0 Å². The molecule has 3 nitrogen and oxygen atoms in total. The molecule has 4 heteroatoms. The van der Waals surface area contributed by atoms with Crippen LogP contribution in [-0.4, -0.2) is 11.2 Å². The maximum Gasteiger partial charge on any atom is 0.405 e. The molecule has 1 amide bonds. The molecule has 0 radical (unpaired) electrons. The molecule has 0 bridgehead atoms. The van der Waals surface area contributed by atoms with Crippen LogP contribution in [0.1, 0.15) is 16.5 Å². The molecule has 1 aromatic carbocycles. The second-order valence-electron chi connectivity index (χ2n) is 3.31. The number of thiophene rings is 1. The number of hydrogen-bond acceptors (Lipinski definition) is 2. The lowest BCUT2D eigenvalue weighted by molar-refractivity contribution is 0.192. The molecule has 0 fully saturated rings. The third-order valence-corrected chi connectivity index (χ3v) is 3.17. The number of rotatable bonds is 3. The number of carboxylic acid groups (broad SMARTS) is 1. The molecule has 0 aliphatic carbocycles. The van der Waals surface area contributed by atoms with Crippen molar-refractivity contribution >= 4 is 17.4 Å². The molecule has 1 aromatic heterocycles. The first-order valence-corrected chi connectivity index (χ1v) is 5.73. The fourth-order valence-electron chi connectivity index (χ4n) is 1.54. The number of nitrogens with one attached hydrogen (secondary N) is 1. The van der Waals surface area contributed by atoms with Crippen molar-refractivity contribution in [3.8, 4) is 0 Å². The Morgan fingerprint density at radius 2 is 1.94 bits per heavy atom. The molecule has 2 rings (SSSR count). The lowest BCUT2D eigenvalue weighted by Crippen LogP contribution is -2.26. The fraction of sp³-hybridized carbons (Fsp3) is 0.0833. The van der Waals surface area contributed by atoms with E-state index in [4.69, 9.17) is 5.11 Å². The van der Waals surface area contributed by atoms with Crippen LogP contribution in [0.5, 0.6) is 0 Å². The van der Waals surface area contributed by atoms with E-state index in [2.05, 4.69) is 5.32 Å². The van der Waals surface area contributed by atoms with Gasteiger partial charge in [-0.3, -0.25) is 0 Å². The number of carbonyl (C=O) groups is 1. The highest BCUT2D eigenvalue weighted by Gasteiger charge is 2.16. The molecule has 1 unspecified atom stereocenters. The monoisotopic (exact) mass is 233 g/mol. The van der Waals surface area contributed by atoms with Crippen LogP contribution in [0, 0.1) is 0 Å². The van der Waals surface area contributed by atoms with Crippen LogP contribution in [-0.2, 0) is 0 Å². The standard InChI is InChI=1S/C12H11NO2S/c14-12(15)13-11(10-7-4-8-16-10)9-5-2-1-3-6-9/h1-8,11,13H,(H,14,15). The van der Waals surface area contributed by atoms with Gasteiger partial charge in [0, 0.05) is 4.88 Å². The highest BCUT2D eigenvalue weighted by molar-refractivity contribution is 7.10. The molecule has 2 N–H and O–H groups in total. The minimum absolute atomic E-state index is 0.279. The van der Waals surface area contributed by atoms with E-state index in [1.54, 1.807) is 11.3 Å². The summed E-state index contributed by atoms with van der Waals surface area (Å²) in [6.45, 7) is 0. The van der Waals surface area contributed by atoms with Crippen LogP contribution in [0.2, 0.25) is 0 Å². The van der Waals surface area contributed by atoms with E-state index >= 15 is 0 Å². The second-order valence-corrected chi connectivity index (χ2v) is 4.29. The first-order valence-electron chi connectivity index (χ1n) is 4.85. The Bertz CT molecular complexity index is 453. The van der Waals surface area contributed by atoms with Crippen LogP contribution in [0.15, 0.2) is 47.8 Å². The number of amides is 1. The minimum Gasteiger partial charge on any atom is -0.465 e. The second kappa shape index (κ2) is 4.81. The van der Waals surface area contributed by atoms with Gasteiger partial charge in [-0.15, -0.1) is 11.3 Å². The zero-order chi connectivity index (χ0) is 11.4. The summed E-state index contributed by atoms with van der Waals surface area (Å²) in [5, 5.41) is 13.3. The molecule has 0 spiro atoms. The van der Waals surface area contributed by atoms with Crippen LogP contribution < -0.4 is 5.32 Å². The van der Waals surface area contributed by atoms with Gasteiger partial charge >= 0.3 is 6.09 Å². The van der Waals surface area contributed by atoms with Crippen LogP contribution in [0.4, 0.5) is 4.79 Å². The van der Waals surface area contributed by atoms with Crippen molar-refractivity contribution in [3.63, 3.8) is 0 Å². The quantitative estimate of drug-likeness (QED) is 0.855. The highest BCUT2D eigenvalue weighted by atomic mass is 32.1. The largest absolute Gasteiger partial charge is 0.465 e. The molecule has 1 atom stereocenters. The smallest absolute Gasteiger partial charge is 0.405 e. The van der Waals surface area contributed by atoms with Gasteiger partial charge in [0.1, 0.15) is 0 Å². The van der Waals surface area contributed by atoms with Gasteiger partial charge in [0.05, 0.1) is 6.04 Å². The molecular formula is C12H11NO2S. The summed E-state index contributed by atoms with van der Waals surface area (Å²) in [7, 11) is 0. The lowest BCUT2D eigenvalue weighted by Gasteiger charge is -2.15. The van der Waals surface area contributed by atoms with Gasteiger partial charge in [-0.2, -0.15) is 0 Å². The van der Waals surface area contributed by atoms with Gasteiger partial charge in [-0.1, -0.05) is 36.4 Å². The Morgan fingerprint density at radius 1 is 1.19 bits per heavy atom. The van der Waals surface area contributed by atoms with Gasteiger partial charge in [0.2, 0.25) is 0 Å². The lowest BCUT2D eigenvalue weighted by atomic mass is 10.1. The highest BCUT2D eigenvalue weighted by Crippen LogP contribution is 2.25. The first-order chi connectivity index (χ1) is 7.77. The van der Waals surface area contributed by atoms with E-state index in [1.165, 1.54) is 0 Å². The van der Waals surface area contributed by atoms with Crippen molar-refractivity contribution in [1.82, 2.24) is 5.32 Å². The van der Waals surface area contributed by atoms with E-state index in [0.29, 0.717) is 0 Å². The molecule has 82 valence electrons. The van der Waals surface area contributed by atoms with Crippen LogP contribution >= 0.6 is 11.3 Å².